The number of nitrogens with one attached hydrogen (secondary N) is 1. The molecule has 0 aromatic heterocycles. The molecule has 0 unspecified atom stereocenters. The number of benzene rings is 2. The fraction of sp³-hybridized carbons (Fsp3) is 0.381. The van der Waals surface area contributed by atoms with Crippen LogP contribution >= 0.6 is 0 Å². The molecule has 2 aromatic carbocycles. The molecule has 1 N–H and O–H groups in total. The minimum Gasteiger partial charge on any atom is -0.493 e. The van der Waals surface area contributed by atoms with E-state index in [0.717, 1.165) is 5.56 Å². The van der Waals surface area contributed by atoms with Gasteiger partial charge in [-0.15, -0.1) is 0 Å². The molecule has 29 heavy (non-hydrogen) atoms. The second kappa shape index (κ2) is 10.3. The Morgan fingerprint density at radius 1 is 1.03 bits per heavy atom. The molecule has 0 aliphatic rings. The van der Waals surface area contributed by atoms with Crippen LogP contribution in [-0.4, -0.2) is 45.9 Å². The van der Waals surface area contributed by atoms with Crippen molar-refractivity contribution in [3.8, 4) is 11.5 Å². The van der Waals surface area contributed by atoms with Crippen LogP contribution in [0.5, 0.6) is 11.5 Å². The van der Waals surface area contributed by atoms with Crippen LogP contribution in [0.2, 0.25) is 0 Å². The lowest BCUT2D eigenvalue weighted by Gasteiger charge is -2.23. The van der Waals surface area contributed by atoms with Crippen LogP contribution in [0.25, 0.3) is 0 Å². The predicted octanol–water partition coefficient (Wildman–Crippen LogP) is 2.67. The van der Waals surface area contributed by atoms with Gasteiger partial charge in [-0.2, -0.15) is 4.31 Å². The van der Waals surface area contributed by atoms with Gasteiger partial charge in [0.25, 0.3) is 0 Å². The number of carbonyl (C=O) groups is 1. The molecule has 0 aliphatic carbocycles. The van der Waals surface area contributed by atoms with E-state index in [0.29, 0.717) is 18.0 Å². The van der Waals surface area contributed by atoms with E-state index in [-0.39, 0.29) is 29.8 Å². The van der Waals surface area contributed by atoms with E-state index in [1.807, 2.05) is 44.2 Å². The van der Waals surface area contributed by atoms with Gasteiger partial charge in [-0.1, -0.05) is 44.2 Å². The maximum atomic E-state index is 13.3. The van der Waals surface area contributed by atoms with Crippen molar-refractivity contribution in [3.63, 3.8) is 0 Å². The Labute approximate surface area is 172 Å². The molecule has 1 amide bonds. The van der Waals surface area contributed by atoms with E-state index >= 15 is 0 Å². The van der Waals surface area contributed by atoms with Crippen LogP contribution in [0.1, 0.15) is 19.4 Å². The third kappa shape index (κ3) is 6.20. The summed E-state index contributed by atoms with van der Waals surface area (Å²) in [5, 5.41) is 2.77. The lowest BCUT2D eigenvalue weighted by molar-refractivity contribution is -0.121. The summed E-state index contributed by atoms with van der Waals surface area (Å²) < 4.78 is 38.2. The van der Waals surface area contributed by atoms with Crippen molar-refractivity contribution >= 4 is 15.9 Å². The number of hydrogen-bond acceptors (Lipinski definition) is 5. The van der Waals surface area contributed by atoms with Crippen LogP contribution in [-0.2, 0) is 21.4 Å². The Balaban J connectivity index is 2.36. The maximum Gasteiger partial charge on any atom is 0.243 e. The zero-order valence-electron chi connectivity index (χ0n) is 17.2. The fourth-order valence-electron chi connectivity index (χ4n) is 2.67. The minimum atomic E-state index is -3.95. The summed E-state index contributed by atoms with van der Waals surface area (Å²) in [5.74, 6) is 0.649. The van der Waals surface area contributed by atoms with E-state index in [1.54, 1.807) is 0 Å². The second-order valence-electron chi connectivity index (χ2n) is 6.97. The molecule has 158 valence electrons. The van der Waals surface area contributed by atoms with E-state index in [9.17, 15) is 13.2 Å². The molecule has 0 heterocycles. The highest BCUT2D eigenvalue weighted by Crippen LogP contribution is 2.31. The summed E-state index contributed by atoms with van der Waals surface area (Å²) in [4.78, 5) is 12.4. The molecule has 0 saturated carbocycles. The number of carbonyl (C=O) groups excluding carboxylic acids is 1. The molecule has 2 aromatic rings. The SMILES string of the molecule is COc1ccc(S(=O)(=O)N(CC(=O)NCC(C)C)Cc2ccccc2)cc1OC. The fourth-order valence-corrected chi connectivity index (χ4v) is 4.07. The highest BCUT2D eigenvalue weighted by atomic mass is 32.2. The smallest absolute Gasteiger partial charge is 0.243 e. The standard InChI is InChI=1S/C21H28N2O5S/c1-16(2)13-22-21(24)15-23(14-17-8-6-5-7-9-17)29(25,26)18-10-11-19(27-3)20(12-18)28-4/h5-12,16H,13-15H2,1-4H3,(H,22,24). The first-order valence-corrected chi connectivity index (χ1v) is 10.7. The topological polar surface area (TPSA) is 84.9 Å². The van der Waals surface area contributed by atoms with Gasteiger partial charge in [-0.25, -0.2) is 8.42 Å². The molecule has 8 heteroatoms. The summed E-state index contributed by atoms with van der Waals surface area (Å²) in [7, 11) is -1.03. The minimum absolute atomic E-state index is 0.0303. The summed E-state index contributed by atoms with van der Waals surface area (Å²) in [5.41, 5.74) is 0.785. The predicted molar refractivity (Wildman–Crippen MR) is 111 cm³/mol. The van der Waals surface area contributed by atoms with E-state index in [4.69, 9.17) is 9.47 Å². The average Bonchev–Trinajstić information content (AvgIpc) is 2.71. The van der Waals surface area contributed by atoms with Gasteiger partial charge in [-0.05, 0) is 23.6 Å². The monoisotopic (exact) mass is 420 g/mol. The van der Waals surface area contributed by atoms with E-state index < -0.39 is 10.0 Å². The van der Waals surface area contributed by atoms with Crippen LogP contribution in [0.15, 0.2) is 53.4 Å². The first-order chi connectivity index (χ1) is 13.8. The molecule has 0 bridgehead atoms. The summed E-state index contributed by atoms with van der Waals surface area (Å²) in [6, 6.07) is 13.5. The zero-order chi connectivity index (χ0) is 21.4. The van der Waals surface area contributed by atoms with Gasteiger partial charge < -0.3 is 14.8 Å². The van der Waals surface area contributed by atoms with Gasteiger partial charge >= 0.3 is 0 Å². The summed E-state index contributed by atoms with van der Waals surface area (Å²) in [6.45, 7) is 4.23. The molecule has 0 atom stereocenters. The Morgan fingerprint density at radius 2 is 1.69 bits per heavy atom. The zero-order valence-corrected chi connectivity index (χ0v) is 18.0. The van der Waals surface area contributed by atoms with Crippen molar-refractivity contribution in [1.29, 1.82) is 0 Å². The van der Waals surface area contributed by atoms with Gasteiger partial charge in [0.1, 0.15) is 0 Å². The normalized spacial score (nSPS) is 11.5. The Kier molecular flexibility index (Phi) is 8.04. The highest BCUT2D eigenvalue weighted by Gasteiger charge is 2.28. The number of hydrogen-bond donors (Lipinski definition) is 1. The summed E-state index contributed by atoms with van der Waals surface area (Å²) >= 11 is 0. The van der Waals surface area contributed by atoms with Crippen molar-refractivity contribution in [3.05, 3.63) is 54.1 Å². The highest BCUT2D eigenvalue weighted by molar-refractivity contribution is 7.89. The lowest BCUT2D eigenvalue weighted by atomic mass is 10.2. The second-order valence-corrected chi connectivity index (χ2v) is 8.91. The van der Waals surface area contributed by atoms with Gasteiger partial charge in [-0.3, -0.25) is 4.79 Å². The third-order valence-corrected chi connectivity index (χ3v) is 6.01. The molecule has 0 aliphatic heterocycles. The Morgan fingerprint density at radius 3 is 2.28 bits per heavy atom. The first kappa shape index (κ1) is 22.7. The first-order valence-electron chi connectivity index (χ1n) is 9.30. The van der Waals surface area contributed by atoms with E-state index in [1.165, 1.54) is 36.7 Å². The molecule has 0 spiro atoms. The van der Waals surface area contributed by atoms with E-state index in [2.05, 4.69) is 5.32 Å². The molecule has 0 saturated heterocycles. The number of rotatable bonds is 10. The van der Waals surface area contributed by atoms with Crippen LogP contribution in [0.4, 0.5) is 0 Å². The molecular weight excluding hydrogens is 392 g/mol. The van der Waals surface area contributed by atoms with Crippen LogP contribution in [0.3, 0.4) is 0 Å². The number of ether oxygens (including phenoxy) is 2. The Bertz CT molecular complexity index is 914. The number of nitrogens with zero attached hydrogens (tertiary/aromatic N) is 1. The number of sulfonamides is 1. The largest absolute Gasteiger partial charge is 0.493 e. The van der Waals surface area contributed by atoms with Crippen molar-refractivity contribution in [2.24, 2.45) is 5.92 Å². The van der Waals surface area contributed by atoms with Crippen molar-refractivity contribution < 1.29 is 22.7 Å². The van der Waals surface area contributed by atoms with Gasteiger partial charge in [0, 0.05) is 19.2 Å². The molecule has 0 radical (unpaired) electrons. The molecule has 0 fully saturated rings. The molecule has 2 rings (SSSR count). The van der Waals surface area contributed by atoms with Crippen LogP contribution < -0.4 is 14.8 Å². The Hall–Kier alpha value is -2.58. The maximum absolute atomic E-state index is 13.3. The van der Waals surface area contributed by atoms with Gasteiger partial charge in [0.05, 0.1) is 25.7 Å². The quantitative estimate of drug-likeness (QED) is 0.639. The van der Waals surface area contributed by atoms with Crippen molar-refractivity contribution in [2.75, 3.05) is 27.3 Å². The lowest BCUT2D eigenvalue weighted by Crippen LogP contribution is -2.41. The molecule has 7 nitrogen and oxygen atoms in total. The summed E-state index contributed by atoms with van der Waals surface area (Å²) in [6.07, 6.45) is 0. The molecular formula is C21H28N2O5S. The van der Waals surface area contributed by atoms with Crippen molar-refractivity contribution in [2.45, 2.75) is 25.3 Å². The van der Waals surface area contributed by atoms with Gasteiger partial charge in [0.15, 0.2) is 11.5 Å². The van der Waals surface area contributed by atoms with Crippen LogP contribution in [0, 0.1) is 5.92 Å². The average molecular weight is 421 g/mol. The number of amides is 1. The third-order valence-electron chi connectivity index (χ3n) is 4.22. The number of methoxy groups -OCH3 is 2. The van der Waals surface area contributed by atoms with Crippen molar-refractivity contribution in [1.82, 2.24) is 9.62 Å². The van der Waals surface area contributed by atoms with Gasteiger partial charge in [0.2, 0.25) is 15.9 Å².